The Morgan fingerprint density at radius 1 is 0.833 bits per heavy atom. The minimum Gasteiger partial charge on any atom is -0.321 e. The molecule has 2 aromatic carbocycles. The second kappa shape index (κ2) is 7.89. The summed E-state index contributed by atoms with van der Waals surface area (Å²) in [5, 5.41) is 9.74. The van der Waals surface area contributed by atoms with Crippen LogP contribution in [0.3, 0.4) is 0 Å². The van der Waals surface area contributed by atoms with Gasteiger partial charge in [0, 0.05) is 15.7 Å². The standard InChI is InChI=1S/C26H27BrN2O/c1-25(2,3)18-11-17(12-19(13-18)26(4,5)6)21-14-23(29-24(30)22(21)15-28)16-7-9-20(27)10-8-16/h7-14H,1-6H3,(H,29,30). The normalized spacial score (nSPS) is 11.9. The fourth-order valence-electron chi connectivity index (χ4n) is 3.33. The molecule has 4 heteroatoms. The van der Waals surface area contributed by atoms with Crippen LogP contribution in [0.15, 0.2) is 57.8 Å². The first-order valence-corrected chi connectivity index (χ1v) is 10.8. The molecule has 0 aliphatic rings. The molecular formula is C26H27BrN2O. The predicted molar refractivity (Wildman–Crippen MR) is 128 cm³/mol. The van der Waals surface area contributed by atoms with Gasteiger partial charge < -0.3 is 4.98 Å². The highest BCUT2D eigenvalue weighted by molar-refractivity contribution is 9.10. The Hall–Kier alpha value is -2.64. The summed E-state index contributed by atoms with van der Waals surface area (Å²) in [6, 6.07) is 18.2. The third kappa shape index (κ3) is 4.57. The Morgan fingerprint density at radius 2 is 1.37 bits per heavy atom. The van der Waals surface area contributed by atoms with Crippen LogP contribution < -0.4 is 5.56 Å². The van der Waals surface area contributed by atoms with Crippen molar-refractivity contribution < 1.29 is 0 Å². The lowest BCUT2D eigenvalue weighted by molar-refractivity contribution is 0.569. The Bertz CT molecular complexity index is 1150. The summed E-state index contributed by atoms with van der Waals surface area (Å²) in [6.07, 6.45) is 0. The third-order valence-corrected chi connectivity index (χ3v) is 5.81. The highest BCUT2D eigenvalue weighted by Gasteiger charge is 2.22. The van der Waals surface area contributed by atoms with Gasteiger partial charge in [0.15, 0.2) is 0 Å². The van der Waals surface area contributed by atoms with E-state index in [-0.39, 0.29) is 22.0 Å². The van der Waals surface area contributed by atoms with Crippen molar-refractivity contribution in [3.8, 4) is 28.5 Å². The smallest absolute Gasteiger partial charge is 0.266 e. The molecule has 3 rings (SSSR count). The first-order valence-electron chi connectivity index (χ1n) is 10.00. The third-order valence-electron chi connectivity index (χ3n) is 5.28. The Morgan fingerprint density at radius 3 is 1.83 bits per heavy atom. The van der Waals surface area contributed by atoms with Gasteiger partial charge >= 0.3 is 0 Å². The topological polar surface area (TPSA) is 56.6 Å². The monoisotopic (exact) mass is 462 g/mol. The molecule has 0 aliphatic carbocycles. The number of benzene rings is 2. The second-order valence-corrected chi connectivity index (χ2v) is 10.6. The van der Waals surface area contributed by atoms with E-state index in [1.165, 1.54) is 11.1 Å². The first-order chi connectivity index (χ1) is 13.9. The molecule has 1 N–H and O–H groups in total. The summed E-state index contributed by atoms with van der Waals surface area (Å²) in [7, 11) is 0. The fourth-order valence-corrected chi connectivity index (χ4v) is 3.60. The molecule has 0 bridgehead atoms. The summed E-state index contributed by atoms with van der Waals surface area (Å²) < 4.78 is 0.968. The van der Waals surface area contributed by atoms with Gasteiger partial charge in [0.25, 0.3) is 5.56 Å². The summed E-state index contributed by atoms with van der Waals surface area (Å²) in [4.78, 5) is 15.7. The molecule has 0 amide bonds. The number of aromatic nitrogens is 1. The van der Waals surface area contributed by atoms with Crippen molar-refractivity contribution in [1.29, 1.82) is 5.26 Å². The van der Waals surface area contributed by atoms with E-state index in [1.54, 1.807) is 0 Å². The van der Waals surface area contributed by atoms with Crippen LogP contribution in [0, 0.1) is 11.3 Å². The van der Waals surface area contributed by atoms with E-state index >= 15 is 0 Å². The summed E-state index contributed by atoms with van der Waals surface area (Å²) in [6.45, 7) is 13.1. The molecule has 0 unspecified atom stereocenters. The van der Waals surface area contributed by atoms with Crippen molar-refractivity contribution in [1.82, 2.24) is 4.98 Å². The number of rotatable bonds is 2. The molecule has 0 fully saturated rings. The van der Waals surface area contributed by atoms with Crippen molar-refractivity contribution >= 4 is 15.9 Å². The zero-order valence-electron chi connectivity index (χ0n) is 18.4. The zero-order chi connectivity index (χ0) is 22.3. The molecule has 3 nitrogen and oxygen atoms in total. The molecular weight excluding hydrogens is 436 g/mol. The highest BCUT2D eigenvalue weighted by Crippen LogP contribution is 2.35. The molecule has 0 aliphatic heterocycles. The predicted octanol–water partition coefficient (Wildman–Crippen LogP) is 6.94. The highest BCUT2D eigenvalue weighted by atomic mass is 79.9. The Balaban J connectivity index is 2.33. The number of nitrogens with zero attached hydrogens (tertiary/aromatic N) is 1. The lowest BCUT2D eigenvalue weighted by Crippen LogP contribution is -2.17. The average molecular weight is 463 g/mol. The zero-order valence-corrected chi connectivity index (χ0v) is 19.9. The van der Waals surface area contributed by atoms with E-state index < -0.39 is 0 Å². The number of H-pyrrole nitrogens is 1. The molecule has 0 radical (unpaired) electrons. The molecule has 1 aromatic heterocycles. The number of hydrogen-bond donors (Lipinski definition) is 1. The van der Waals surface area contributed by atoms with Crippen LogP contribution in [-0.2, 0) is 10.8 Å². The Kier molecular flexibility index (Phi) is 5.80. The van der Waals surface area contributed by atoms with Gasteiger partial charge in [-0.25, -0.2) is 0 Å². The van der Waals surface area contributed by atoms with Gasteiger partial charge in [0.2, 0.25) is 0 Å². The molecule has 1 heterocycles. The largest absolute Gasteiger partial charge is 0.321 e. The average Bonchev–Trinajstić information content (AvgIpc) is 2.66. The molecule has 0 saturated carbocycles. The lowest BCUT2D eigenvalue weighted by atomic mass is 9.78. The maximum atomic E-state index is 12.8. The van der Waals surface area contributed by atoms with E-state index in [4.69, 9.17) is 0 Å². The fraction of sp³-hybridized carbons (Fsp3) is 0.308. The SMILES string of the molecule is CC(C)(C)c1cc(-c2cc(-c3ccc(Br)cc3)[nH]c(=O)c2C#N)cc(C(C)(C)C)c1. The molecule has 154 valence electrons. The number of nitrogens with one attached hydrogen (secondary N) is 1. The van der Waals surface area contributed by atoms with Gasteiger partial charge in [-0.15, -0.1) is 0 Å². The van der Waals surface area contributed by atoms with Gasteiger partial charge in [-0.1, -0.05) is 87.8 Å². The van der Waals surface area contributed by atoms with E-state index in [2.05, 4.69) is 86.7 Å². The number of nitriles is 1. The van der Waals surface area contributed by atoms with Crippen LogP contribution in [0.25, 0.3) is 22.4 Å². The van der Waals surface area contributed by atoms with Crippen molar-refractivity contribution in [3.05, 3.63) is 80.0 Å². The number of pyridine rings is 1. The number of hydrogen-bond acceptors (Lipinski definition) is 2. The van der Waals surface area contributed by atoms with Crippen LogP contribution in [0.4, 0.5) is 0 Å². The molecule has 30 heavy (non-hydrogen) atoms. The molecule has 0 saturated heterocycles. The van der Waals surface area contributed by atoms with Crippen LogP contribution in [0.5, 0.6) is 0 Å². The van der Waals surface area contributed by atoms with Crippen molar-refractivity contribution in [2.75, 3.05) is 0 Å². The van der Waals surface area contributed by atoms with E-state index in [0.717, 1.165) is 15.6 Å². The van der Waals surface area contributed by atoms with Gasteiger partial charge in [0.1, 0.15) is 11.6 Å². The molecule has 0 atom stereocenters. The van der Waals surface area contributed by atoms with Gasteiger partial charge in [0.05, 0.1) is 0 Å². The van der Waals surface area contributed by atoms with Gasteiger partial charge in [-0.05, 0) is 51.3 Å². The van der Waals surface area contributed by atoms with E-state index in [9.17, 15) is 10.1 Å². The van der Waals surface area contributed by atoms with E-state index in [0.29, 0.717) is 11.3 Å². The molecule has 3 aromatic rings. The number of halogens is 1. The van der Waals surface area contributed by atoms with Gasteiger partial charge in [-0.2, -0.15) is 5.26 Å². The second-order valence-electron chi connectivity index (χ2n) is 9.72. The maximum absolute atomic E-state index is 12.8. The van der Waals surface area contributed by atoms with Gasteiger partial charge in [-0.3, -0.25) is 4.79 Å². The summed E-state index contributed by atoms with van der Waals surface area (Å²) >= 11 is 3.44. The minimum atomic E-state index is -0.369. The van der Waals surface area contributed by atoms with Crippen LogP contribution in [-0.4, -0.2) is 4.98 Å². The van der Waals surface area contributed by atoms with Crippen molar-refractivity contribution in [2.45, 2.75) is 52.4 Å². The lowest BCUT2D eigenvalue weighted by Gasteiger charge is -2.26. The van der Waals surface area contributed by atoms with Crippen molar-refractivity contribution in [2.24, 2.45) is 0 Å². The first kappa shape index (κ1) is 22.1. The minimum absolute atomic E-state index is 0.0570. The van der Waals surface area contributed by atoms with E-state index in [1.807, 2.05) is 30.3 Å². The van der Waals surface area contributed by atoms with Crippen molar-refractivity contribution in [3.63, 3.8) is 0 Å². The van der Waals surface area contributed by atoms with Crippen LogP contribution >= 0.6 is 15.9 Å². The quantitative estimate of drug-likeness (QED) is 0.448. The maximum Gasteiger partial charge on any atom is 0.266 e. The summed E-state index contributed by atoms with van der Waals surface area (Å²) in [5.41, 5.74) is 5.16. The van der Waals surface area contributed by atoms with Crippen LogP contribution in [0.1, 0.15) is 58.2 Å². The Labute approximate surface area is 186 Å². The number of aromatic amines is 1. The van der Waals surface area contributed by atoms with Crippen LogP contribution in [0.2, 0.25) is 0 Å². The summed E-state index contributed by atoms with van der Waals surface area (Å²) in [5.74, 6) is 0. The molecule has 0 spiro atoms.